The first kappa shape index (κ1) is 12.5. The van der Waals surface area contributed by atoms with Crippen molar-refractivity contribution in [2.24, 2.45) is 5.92 Å². The Balaban J connectivity index is 2.11. The normalized spacial score (nSPS) is 20.1. The minimum atomic E-state index is -0.971. The van der Waals surface area contributed by atoms with Crippen LogP contribution in [0.1, 0.15) is 38.5 Å². The molecule has 1 aliphatic carbocycles. The van der Waals surface area contributed by atoms with E-state index in [1.54, 1.807) is 0 Å². The largest absolute Gasteiger partial charge is 0.480 e. The fourth-order valence-electron chi connectivity index (χ4n) is 2.17. The van der Waals surface area contributed by atoms with Crippen molar-refractivity contribution in [3.63, 3.8) is 0 Å². The van der Waals surface area contributed by atoms with Crippen LogP contribution in [0, 0.1) is 5.92 Å². The molecule has 1 atom stereocenters. The quantitative estimate of drug-likeness (QED) is 0.618. The lowest BCUT2D eigenvalue weighted by Gasteiger charge is -2.22. The van der Waals surface area contributed by atoms with Crippen LogP contribution >= 0.6 is 0 Å². The number of carbonyl (C=O) groups is 1. The summed E-state index contributed by atoms with van der Waals surface area (Å²) in [6, 6.07) is -0.798. The van der Waals surface area contributed by atoms with Gasteiger partial charge >= 0.3 is 5.97 Å². The monoisotopic (exact) mass is 215 g/mol. The Morgan fingerprint density at radius 1 is 1.33 bits per heavy atom. The van der Waals surface area contributed by atoms with Crippen LogP contribution in [0.2, 0.25) is 0 Å². The standard InChI is InChI=1S/C11H21NO3/c13-8-10(11(14)15)12-7-6-9-4-2-1-3-5-9/h9-10,12-13H,1-8H2,(H,14,15). The topological polar surface area (TPSA) is 69.6 Å². The molecule has 0 bridgehead atoms. The zero-order chi connectivity index (χ0) is 11.1. The fourth-order valence-corrected chi connectivity index (χ4v) is 2.17. The summed E-state index contributed by atoms with van der Waals surface area (Å²) in [5, 5.41) is 20.3. The number of hydrogen-bond donors (Lipinski definition) is 3. The third kappa shape index (κ3) is 4.62. The minimum absolute atomic E-state index is 0.333. The van der Waals surface area contributed by atoms with E-state index < -0.39 is 12.0 Å². The number of aliphatic carboxylic acids is 1. The number of aliphatic hydroxyl groups is 1. The van der Waals surface area contributed by atoms with Gasteiger partial charge in [0.25, 0.3) is 0 Å². The van der Waals surface area contributed by atoms with Crippen LogP contribution in [0.15, 0.2) is 0 Å². The second-order valence-electron chi connectivity index (χ2n) is 4.32. The first-order valence-electron chi connectivity index (χ1n) is 5.81. The molecule has 0 aromatic rings. The van der Waals surface area contributed by atoms with Crippen molar-refractivity contribution in [3.8, 4) is 0 Å². The Hall–Kier alpha value is -0.610. The van der Waals surface area contributed by atoms with E-state index in [9.17, 15) is 4.79 Å². The summed E-state index contributed by atoms with van der Waals surface area (Å²) in [7, 11) is 0. The first-order valence-corrected chi connectivity index (χ1v) is 5.81. The summed E-state index contributed by atoms with van der Waals surface area (Å²) in [4.78, 5) is 10.6. The molecule has 0 aromatic heterocycles. The summed E-state index contributed by atoms with van der Waals surface area (Å²) in [5.74, 6) is -0.222. The second kappa shape index (κ2) is 6.80. The average Bonchev–Trinajstić information content (AvgIpc) is 2.25. The summed E-state index contributed by atoms with van der Waals surface area (Å²) >= 11 is 0. The van der Waals surface area contributed by atoms with Gasteiger partial charge in [-0.05, 0) is 18.9 Å². The van der Waals surface area contributed by atoms with Gasteiger partial charge in [-0.1, -0.05) is 32.1 Å². The van der Waals surface area contributed by atoms with Crippen molar-refractivity contribution in [1.82, 2.24) is 5.32 Å². The molecule has 1 unspecified atom stereocenters. The smallest absolute Gasteiger partial charge is 0.323 e. The molecule has 3 N–H and O–H groups in total. The Morgan fingerprint density at radius 2 is 2.00 bits per heavy atom. The number of hydrogen-bond acceptors (Lipinski definition) is 3. The van der Waals surface area contributed by atoms with Crippen LogP contribution in [-0.2, 0) is 4.79 Å². The maximum Gasteiger partial charge on any atom is 0.323 e. The van der Waals surface area contributed by atoms with Gasteiger partial charge in [-0.3, -0.25) is 4.79 Å². The molecule has 1 fully saturated rings. The molecule has 1 rings (SSSR count). The zero-order valence-corrected chi connectivity index (χ0v) is 9.11. The van der Waals surface area contributed by atoms with Crippen molar-refractivity contribution < 1.29 is 15.0 Å². The molecule has 4 nitrogen and oxygen atoms in total. The van der Waals surface area contributed by atoms with E-state index in [0.717, 1.165) is 12.3 Å². The van der Waals surface area contributed by atoms with E-state index >= 15 is 0 Å². The van der Waals surface area contributed by atoms with E-state index in [2.05, 4.69) is 5.32 Å². The summed E-state index contributed by atoms with van der Waals surface area (Å²) < 4.78 is 0. The Bertz CT molecular complexity index is 190. The van der Waals surface area contributed by atoms with Crippen molar-refractivity contribution in [2.75, 3.05) is 13.2 Å². The molecule has 0 saturated heterocycles. The number of carboxylic acids is 1. The predicted octanol–water partition coefficient (Wildman–Crippen LogP) is 0.992. The average molecular weight is 215 g/mol. The maximum absolute atomic E-state index is 10.6. The van der Waals surface area contributed by atoms with Gasteiger partial charge in [0.1, 0.15) is 6.04 Å². The molecule has 0 amide bonds. The van der Waals surface area contributed by atoms with Crippen LogP contribution in [0.3, 0.4) is 0 Å². The zero-order valence-electron chi connectivity index (χ0n) is 9.11. The van der Waals surface area contributed by atoms with E-state index in [-0.39, 0.29) is 6.61 Å². The molecule has 0 radical (unpaired) electrons. The van der Waals surface area contributed by atoms with Gasteiger partial charge in [0, 0.05) is 0 Å². The maximum atomic E-state index is 10.6. The van der Waals surface area contributed by atoms with Crippen molar-refractivity contribution >= 4 is 5.97 Å². The van der Waals surface area contributed by atoms with Crippen LogP contribution in [0.4, 0.5) is 0 Å². The molecular weight excluding hydrogens is 194 g/mol. The van der Waals surface area contributed by atoms with Crippen LogP contribution in [0.25, 0.3) is 0 Å². The van der Waals surface area contributed by atoms with Gasteiger partial charge in [0.05, 0.1) is 6.61 Å². The molecule has 0 aliphatic heterocycles. The highest BCUT2D eigenvalue weighted by atomic mass is 16.4. The van der Waals surface area contributed by atoms with Crippen LogP contribution in [-0.4, -0.2) is 35.4 Å². The summed E-state index contributed by atoms with van der Waals surface area (Å²) in [6.07, 6.45) is 7.55. The van der Waals surface area contributed by atoms with E-state index in [1.165, 1.54) is 32.1 Å². The van der Waals surface area contributed by atoms with E-state index in [1.807, 2.05) is 0 Å². The van der Waals surface area contributed by atoms with E-state index in [0.29, 0.717) is 6.54 Å². The lowest BCUT2D eigenvalue weighted by Crippen LogP contribution is -2.40. The molecule has 1 aliphatic rings. The Morgan fingerprint density at radius 3 is 2.53 bits per heavy atom. The van der Waals surface area contributed by atoms with Crippen LogP contribution in [0.5, 0.6) is 0 Å². The van der Waals surface area contributed by atoms with Gasteiger partial charge in [0.2, 0.25) is 0 Å². The lowest BCUT2D eigenvalue weighted by atomic mass is 9.87. The van der Waals surface area contributed by atoms with Crippen molar-refractivity contribution in [1.29, 1.82) is 0 Å². The molecule has 0 spiro atoms. The molecule has 15 heavy (non-hydrogen) atoms. The third-order valence-corrected chi connectivity index (χ3v) is 3.15. The highest BCUT2D eigenvalue weighted by Crippen LogP contribution is 2.25. The van der Waals surface area contributed by atoms with Gasteiger partial charge in [-0.15, -0.1) is 0 Å². The SMILES string of the molecule is O=C(O)C(CO)NCCC1CCCCC1. The van der Waals surface area contributed by atoms with Gasteiger partial charge in [0.15, 0.2) is 0 Å². The molecule has 1 saturated carbocycles. The number of aliphatic hydroxyl groups excluding tert-OH is 1. The van der Waals surface area contributed by atoms with Gasteiger partial charge < -0.3 is 15.5 Å². The second-order valence-corrected chi connectivity index (χ2v) is 4.32. The number of carboxylic acid groups (broad SMARTS) is 1. The first-order chi connectivity index (χ1) is 7.24. The molecule has 4 heteroatoms. The molecular formula is C11H21NO3. The molecule has 0 heterocycles. The Kier molecular flexibility index (Phi) is 5.65. The van der Waals surface area contributed by atoms with Crippen molar-refractivity contribution in [3.05, 3.63) is 0 Å². The van der Waals surface area contributed by atoms with Crippen LogP contribution < -0.4 is 5.32 Å². The number of rotatable bonds is 6. The van der Waals surface area contributed by atoms with E-state index in [4.69, 9.17) is 10.2 Å². The predicted molar refractivity (Wildman–Crippen MR) is 57.7 cm³/mol. The van der Waals surface area contributed by atoms with Gasteiger partial charge in [-0.25, -0.2) is 0 Å². The highest BCUT2D eigenvalue weighted by molar-refractivity contribution is 5.73. The lowest BCUT2D eigenvalue weighted by molar-refractivity contribution is -0.140. The van der Waals surface area contributed by atoms with Crippen molar-refractivity contribution in [2.45, 2.75) is 44.6 Å². The van der Waals surface area contributed by atoms with Gasteiger partial charge in [-0.2, -0.15) is 0 Å². The molecule has 0 aromatic carbocycles. The fraction of sp³-hybridized carbons (Fsp3) is 0.909. The third-order valence-electron chi connectivity index (χ3n) is 3.15. The number of nitrogens with one attached hydrogen (secondary N) is 1. The Labute approximate surface area is 90.7 Å². The minimum Gasteiger partial charge on any atom is -0.480 e. The summed E-state index contributed by atoms with van der Waals surface area (Å²) in [5.41, 5.74) is 0. The molecule has 88 valence electrons. The highest BCUT2D eigenvalue weighted by Gasteiger charge is 2.17. The summed E-state index contributed by atoms with van der Waals surface area (Å²) in [6.45, 7) is 0.363.